The summed E-state index contributed by atoms with van der Waals surface area (Å²) in [6, 6.07) is 0.744. The van der Waals surface area contributed by atoms with Crippen molar-refractivity contribution < 1.29 is 4.74 Å². The highest BCUT2D eigenvalue weighted by atomic mass is 16.5. The van der Waals surface area contributed by atoms with Crippen molar-refractivity contribution in [2.24, 2.45) is 11.8 Å². The standard InChI is InChI=1S/C10H19NO/c1-8-10(2-5-11-8)9-3-6-12-7-4-9/h8-11H,2-7H2,1H3. The third-order valence-corrected chi connectivity index (χ3v) is 3.46. The van der Waals surface area contributed by atoms with Crippen molar-refractivity contribution in [3.05, 3.63) is 0 Å². The van der Waals surface area contributed by atoms with Crippen molar-refractivity contribution in [3.63, 3.8) is 0 Å². The van der Waals surface area contributed by atoms with Gasteiger partial charge in [0.2, 0.25) is 0 Å². The first-order valence-corrected chi connectivity index (χ1v) is 5.19. The smallest absolute Gasteiger partial charge is 0.0468 e. The van der Waals surface area contributed by atoms with E-state index < -0.39 is 0 Å². The molecule has 2 nitrogen and oxygen atoms in total. The molecule has 2 heterocycles. The van der Waals surface area contributed by atoms with Gasteiger partial charge in [-0.2, -0.15) is 0 Å². The van der Waals surface area contributed by atoms with E-state index in [9.17, 15) is 0 Å². The van der Waals surface area contributed by atoms with Crippen LogP contribution in [0.5, 0.6) is 0 Å². The predicted octanol–water partition coefficient (Wildman–Crippen LogP) is 1.41. The Morgan fingerprint density at radius 3 is 2.50 bits per heavy atom. The zero-order valence-corrected chi connectivity index (χ0v) is 7.88. The van der Waals surface area contributed by atoms with Crippen molar-refractivity contribution in [1.82, 2.24) is 5.32 Å². The van der Waals surface area contributed by atoms with Crippen LogP contribution in [0.15, 0.2) is 0 Å². The minimum atomic E-state index is 0.744. The average Bonchev–Trinajstić information content (AvgIpc) is 2.53. The Morgan fingerprint density at radius 1 is 1.17 bits per heavy atom. The highest BCUT2D eigenvalue weighted by molar-refractivity contribution is 4.85. The monoisotopic (exact) mass is 169 g/mol. The van der Waals surface area contributed by atoms with Crippen LogP contribution in [-0.4, -0.2) is 25.8 Å². The molecule has 2 aliphatic heterocycles. The lowest BCUT2D eigenvalue weighted by Crippen LogP contribution is -2.31. The second-order valence-corrected chi connectivity index (χ2v) is 4.15. The Hall–Kier alpha value is -0.0800. The molecule has 1 N–H and O–H groups in total. The third kappa shape index (κ3) is 1.64. The molecule has 2 heteroatoms. The van der Waals surface area contributed by atoms with Gasteiger partial charge in [0.15, 0.2) is 0 Å². The summed E-state index contributed by atoms with van der Waals surface area (Å²) in [6.45, 7) is 5.54. The number of hydrogen-bond acceptors (Lipinski definition) is 2. The molecule has 0 spiro atoms. The maximum Gasteiger partial charge on any atom is 0.0468 e. The summed E-state index contributed by atoms with van der Waals surface area (Å²) in [6.07, 6.45) is 3.96. The Balaban J connectivity index is 1.89. The SMILES string of the molecule is CC1NCCC1C1CCOCC1. The largest absolute Gasteiger partial charge is 0.381 e. The summed E-state index contributed by atoms with van der Waals surface area (Å²) in [4.78, 5) is 0. The second-order valence-electron chi connectivity index (χ2n) is 4.15. The van der Waals surface area contributed by atoms with E-state index in [0.717, 1.165) is 31.1 Å². The van der Waals surface area contributed by atoms with Crippen LogP contribution in [0.25, 0.3) is 0 Å². The molecule has 0 aromatic heterocycles. The Kier molecular flexibility index (Phi) is 2.66. The summed E-state index contributed by atoms with van der Waals surface area (Å²) < 4.78 is 5.37. The molecule has 0 radical (unpaired) electrons. The molecule has 2 saturated heterocycles. The molecule has 2 fully saturated rings. The summed E-state index contributed by atoms with van der Waals surface area (Å²) in [5.41, 5.74) is 0. The summed E-state index contributed by atoms with van der Waals surface area (Å²) in [7, 11) is 0. The van der Waals surface area contributed by atoms with E-state index in [1.165, 1.54) is 25.8 Å². The Morgan fingerprint density at radius 2 is 1.92 bits per heavy atom. The highest BCUT2D eigenvalue weighted by Gasteiger charge is 2.31. The quantitative estimate of drug-likeness (QED) is 0.641. The van der Waals surface area contributed by atoms with E-state index in [-0.39, 0.29) is 0 Å². The zero-order chi connectivity index (χ0) is 8.39. The number of nitrogens with one attached hydrogen (secondary N) is 1. The molecule has 2 unspecified atom stereocenters. The zero-order valence-electron chi connectivity index (χ0n) is 7.88. The van der Waals surface area contributed by atoms with Gasteiger partial charge in [0.1, 0.15) is 0 Å². The van der Waals surface area contributed by atoms with Gasteiger partial charge in [-0.15, -0.1) is 0 Å². The Bertz CT molecular complexity index is 143. The summed E-state index contributed by atoms with van der Waals surface area (Å²) in [5, 5.41) is 3.53. The van der Waals surface area contributed by atoms with Crippen LogP contribution >= 0.6 is 0 Å². The topological polar surface area (TPSA) is 21.3 Å². The fraction of sp³-hybridized carbons (Fsp3) is 1.00. The minimum absolute atomic E-state index is 0.744. The number of hydrogen-bond donors (Lipinski definition) is 1. The van der Waals surface area contributed by atoms with Crippen LogP contribution in [0.4, 0.5) is 0 Å². The molecule has 70 valence electrons. The maximum absolute atomic E-state index is 5.37. The van der Waals surface area contributed by atoms with Gasteiger partial charge >= 0.3 is 0 Å². The minimum Gasteiger partial charge on any atom is -0.381 e. The van der Waals surface area contributed by atoms with Crippen LogP contribution in [0.1, 0.15) is 26.2 Å². The maximum atomic E-state index is 5.37. The van der Waals surface area contributed by atoms with Gasteiger partial charge in [0.05, 0.1) is 0 Å². The van der Waals surface area contributed by atoms with Gasteiger partial charge in [-0.05, 0) is 44.6 Å². The van der Waals surface area contributed by atoms with Crippen LogP contribution < -0.4 is 5.32 Å². The van der Waals surface area contributed by atoms with Gasteiger partial charge in [-0.25, -0.2) is 0 Å². The summed E-state index contributed by atoms with van der Waals surface area (Å²) >= 11 is 0. The molecule has 0 bridgehead atoms. The lowest BCUT2D eigenvalue weighted by molar-refractivity contribution is 0.0452. The first-order valence-electron chi connectivity index (χ1n) is 5.19. The third-order valence-electron chi connectivity index (χ3n) is 3.46. The molecule has 0 aromatic carbocycles. The van der Waals surface area contributed by atoms with Gasteiger partial charge < -0.3 is 10.1 Å². The first kappa shape index (κ1) is 8.52. The molecule has 0 aliphatic carbocycles. The van der Waals surface area contributed by atoms with Crippen LogP contribution in [0.3, 0.4) is 0 Å². The van der Waals surface area contributed by atoms with Crippen molar-refractivity contribution >= 4 is 0 Å². The molecule has 12 heavy (non-hydrogen) atoms. The van der Waals surface area contributed by atoms with E-state index in [1.54, 1.807) is 0 Å². The van der Waals surface area contributed by atoms with E-state index in [0.29, 0.717) is 0 Å². The first-order chi connectivity index (χ1) is 5.88. The normalized spacial score (nSPS) is 38.8. The van der Waals surface area contributed by atoms with Crippen LogP contribution in [-0.2, 0) is 4.74 Å². The van der Waals surface area contributed by atoms with Gasteiger partial charge in [0, 0.05) is 19.3 Å². The van der Waals surface area contributed by atoms with Gasteiger partial charge in [-0.1, -0.05) is 0 Å². The lowest BCUT2D eigenvalue weighted by Gasteiger charge is -2.29. The molecular weight excluding hydrogens is 150 g/mol. The fourth-order valence-electron chi connectivity index (χ4n) is 2.67. The number of rotatable bonds is 1. The van der Waals surface area contributed by atoms with Crippen molar-refractivity contribution in [2.45, 2.75) is 32.2 Å². The highest BCUT2D eigenvalue weighted by Crippen LogP contribution is 2.31. The van der Waals surface area contributed by atoms with Crippen molar-refractivity contribution in [3.8, 4) is 0 Å². The molecule has 2 aliphatic rings. The van der Waals surface area contributed by atoms with E-state index in [1.807, 2.05) is 0 Å². The molecule has 0 aromatic rings. The van der Waals surface area contributed by atoms with Gasteiger partial charge in [0.25, 0.3) is 0 Å². The van der Waals surface area contributed by atoms with Crippen LogP contribution in [0, 0.1) is 11.8 Å². The molecular formula is C10H19NO. The molecule has 0 saturated carbocycles. The summed E-state index contributed by atoms with van der Waals surface area (Å²) in [5.74, 6) is 1.86. The lowest BCUT2D eigenvalue weighted by atomic mass is 9.82. The van der Waals surface area contributed by atoms with E-state index in [2.05, 4.69) is 12.2 Å². The van der Waals surface area contributed by atoms with Crippen molar-refractivity contribution in [2.75, 3.05) is 19.8 Å². The number of ether oxygens (including phenoxy) is 1. The van der Waals surface area contributed by atoms with E-state index >= 15 is 0 Å². The molecule has 2 atom stereocenters. The predicted molar refractivity (Wildman–Crippen MR) is 49.1 cm³/mol. The average molecular weight is 169 g/mol. The fourth-order valence-corrected chi connectivity index (χ4v) is 2.67. The Labute approximate surface area is 74.7 Å². The molecule has 2 rings (SSSR count). The second kappa shape index (κ2) is 3.75. The van der Waals surface area contributed by atoms with Crippen LogP contribution in [0.2, 0.25) is 0 Å². The van der Waals surface area contributed by atoms with E-state index in [4.69, 9.17) is 4.74 Å². The molecule has 0 amide bonds. The van der Waals surface area contributed by atoms with Gasteiger partial charge in [-0.3, -0.25) is 0 Å². The van der Waals surface area contributed by atoms with Crippen molar-refractivity contribution in [1.29, 1.82) is 0 Å².